The van der Waals surface area contributed by atoms with Crippen LogP contribution in [0.4, 0.5) is 13.2 Å². The van der Waals surface area contributed by atoms with Crippen molar-refractivity contribution >= 4 is 5.91 Å². The second kappa shape index (κ2) is 5.01. The lowest BCUT2D eigenvalue weighted by molar-refractivity contribution is 0.0940. The van der Waals surface area contributed by atoms with E-state index in [9.17, 15) is 18.0 Å². The monoisotopic (exact) mass is 231 g/mol. The van der Waals surface area contributed by atoms with Crippen molar-refractivity contribution in [2.45, 2.75) is 13.8 Å². The molecule has 5 heteroatoms. The predicted octanol–water partition coefficient (Wildman–Crippen LogP) is 2.49. The Bertz CT molecular complexity index is 381. The standard InChI is InChI=1S/C11H12F3NO/c1-6(2)5-15-11(16)10-8(13)3-7(12)4-9(10)14/h3-4,6H,5H2,1-2H3,(H,15,16). The highest BCUT2D eigenvalue weighted by atomic mass is 19.1. The van der Waals surface area contributed by atoms with E-state index in [0.717, 1.165) is 0 Å². The van der Waals surface area contributed by atoms with Gasteiger partial charge in [-0.1, -0.05) is 13.8 Å². The molecule has 0 saturated carbocycles. The smallest absolute Gasteiger partial charge is 0.257 e. The molecule has 0 unspecified atom stereocenters. The number of nitrogens with one attached hydrogen (secondary N) is 1. The summed E-state index contributed by atoms with van der Waals surface area (Å²) >= 11 is 0. The van der Waals surface area contributed by atoms with Gasteiger partial charge in [0.1, 0.15) is 23.0 Å². The zero-order valence-corrected chi connectivity index (χ0v) is 8.98. The van der Waals surface area contributed by atoms with E-state index in [-0.39, 0.29) is 5.92 Å². The first kappa shape index (κ1) is 12.5. The van der Waals surface area contributed by atoms with Gasteiger partial charge in [0.05, 0.1) is 0 Å². The van der Waals surface area contributed by atoms with Gasteiger partial charge >= 0.3 is 0 Å². The molecule has 0 fully saturated rings. The van der Waals surface area contributed by atoms with Gasteiger partial charge in [0.25, 0.3) is 5.91 Å². The second-order valence-corrected chi connectivity index (χ2v) is 3.85. The molecule has 1 aromatic carbocycles. The van der Waals surface area contributed by atoms with Crippen LogP contribution in [0.15, 0.2) is 12.1 Å². The van der Waals surface area contributed by atoms with Gasteiger partial charge in [0.2, 0.25) is 0 Å². The molecule has 1 rings (SSSR count). The van der Waals surface area contributed by atoms with Crippen LogP contribution in [-0.4, -0.2) is 12.5 Å². The fraction of sp³-hybridized carbons (Fsp3) is 0.364. The lowest BCUT2D eigenvalue weighted by atomic mass is 10.1. The molecule has 1 aromatic rings. The first-order valence-electron chi connectivity index (χ1n) is 4.84. The summed E-state index contributed by atoms with van der Waals surface area (Å²) in [4.78, 5) is 11.4. The van der Waals surface area contributed by atoms with Gasteiger partial charge in [-0.15, -0.1) is 0 Å². The molecule has 0 heterocycles. The summed E-state index contributed by atoms with van der Waals surface area (Å²) < 4.78 is 38.9. The Morgan fingerprint density at radius 3 is 2.19 bits per heavy atom. The molecule has 88 valence electrons. The minimum atomic E-state index is -1.20. The molecule has 0 atom stereocenters. The number of benzene rings is 1. The highest BCUT2D eigenvalue weighted by Gasteiger charge is 2.18. The lowest BCUT2D eigenvalue weighted by Gasteiger charge is -2.09. The molecule has 16 heavy (non-hydrogen) atoms. The van der Waals surface area contributed by atoms with Crippen LogP contribution < -0.4 is 5.32 Å². The van der Waals surface area contributed by atoms with Gasteiger partial charge in [-0.05, 0) is 5.92 Å². The predicted molar refractivity (Wildman–Crippen MR) is 53.5 cm³/mol. The molecule has 0 aromatic heterocycles. The number of amides is 1. The molecule has 1 N–H and O–H groups in total. The summed E-state index contributed by atoms with van der Waals surface area (Å²) in [7, 11) is 0. The molecule has 2 nitrogen and oxygen atoms in total. The van der Waals surface area contributed by atoms with E-state index in [1.807, 2.05) is 13.8 Å². The van der Waals surface area contributed by atoms with Crippen molar-refractivity contribution in [1.82, 2.24) is 5.32 Å². The third-order valence-corrected chi connectivity index (χ3v) is 1.90. The Hall–Kier alpha value is -1.52. The first-order chi connectivity index (χ1) is 7.41. The normalized spacial score (nSPS) is 10.6. The zero-order chi connectivity index (χ0) is 12.3. The third-order valence-electron chi connectivity index (χ3n) is 1.90. The Labute approximate surface area is 91.5 Å². The number of carbonyl (C=O) groups is 1. The Kier molecular flexibility index (Phi) is 3.93. The summed E-state index contributed by atoms with van der Waals surface area (Å²) in [6.45, 7) is 3.99. The van der Waals surface area contributed by atoms with Gasteiger partial charge in [0.15, 0.2) is 0 Å². The summed E-state index contributed by atoms with van der Waals surface area (Å²) in [6, 6.07) is 0.959. The van der Waals surface area contributed by atoms with Crippen LogP contribution in [0.3, 0.4) is 0 Å². The van der Waals surface area contributed by atoms with E-state index in [2.05, 4.69) is 5.32 Å². The van der Waals surface area contributed by atoms with Crippen molar-refractivity contribution < 1.29 is 18.0 Å². The quantitative estimate of drug-likeness (QED) is 0.850. The third kappa shape index (κ3) is 2.98. The zero-order valence-electron chi connectivity index (χ0n) is 8.98. The van der Waals surface area contributed by atoms with Gasteiger partial charge in [-0.3, -0.25) is 4.79 Å². The maximum Gasteiger partial charge on any atom is 0.257 e. The van der Waals surface area contributed by atoms with Crippen LogP contribution in [0.1, 0.15) is 24.2 Å². The van der Waals surface area contributed by atoms with E-state index >= 15 is 0 Å². The average molecular weight is 231 g/mol. The van der Waals surface area contributed by atoms with Crippen molar-refractivity contribution in [2.24, 2.45) is 5.92 Å². The van der Waals surface area contributed by atoms with Crippen LogP contribution in [0.2, 0.25) is 0 Å². The maximum absolute atomic E-state index is 13.1. The van der Waals surface area contributed by atoms with Crippen molar-refractivity contribution in [3.05, 3.63) is 35.1 Å². The topological polar surface area (TPSA) is 29.1 Å². The highest BCUT2D eigenvalue weighted by molar-refractivity contribution is 5.94. The average Bonchev–Trinajstić information content (AvgIpc) is 2.12. The molecule has 0 aliphatic rings. The van der Waals surface area contributed by atoms with Crippen LogP contribution >= 0.6 is 0 Å². The maximum atomic E-state index is 13.1. The first-order valence-corrected chi connectivity index (χ1v) is 4.84. The van der Waals surface area contributed by atoms with E-state index in [1.165, 1.54) is 0 Å². The fourth-order valence-electron chi connectivity index (χ4n) is 1.14. The Balaban J connectivity index is 2.91. The Morgan fingerprint density at radius 2 is 1.75 bits per heavy atom. The molecule has 0 radical (unpaired) electrons. The largest absolute Gasteiger partial charge is 0.352 e. The minimum Gasteiger partial charge on any atom is -0.352 e. The molecular weight excluding hydrogens is 219 g/mol. The summed E-state index contributed by atoms with van der Waals surface area (Å²) in [6.07, 6.45) is 0. The second-order valence-electron chi connectivity index (χ2n) is 3.85. The number of halogens is 3. The van der Waals surface area contributed by atoms with Gasteiger partial charge in [-0.25, -0.2) is 13.2 Å². The van der Waals surface area contributed by atoms with Crippen molar-refractivity contribution in [3.63, 3.8) is 0 Å². The fourth-order valence-corrected chi connectivity index (χ4v) is 1.14. The number of hydrogen-bond acceptors (Lipinski definition) is 1. The van der Waals surface area contributed by atoms with Crippen LogP contribution in [0, 0.1) is 23.4 Å². The van der Waals surface area contributed by atoms with E-state index in [0.29, 0.717) is 18.7 Å². The molecular formula is C11H12F3NO. The van der Waals surface area contributed by atoms with Crippen LogP contribution in [-0.2, 0) is 0 Å². The lowest BCUT2D eigenvalue weighted by Crippen LogP contribution is -2.29. The van der Waals surface area contributed by atoms with E-state index in [4.69, 9.17) is 0 Å². The van der Waals surface area contributed by atoms with Crippen molar-refractivity contribution in [1.29, 1.82) is 0 Å². The van der Waals surface area contributed by atoms with Gasteiger partial charge in [-0.2, -0.15) is 0 Å². The Morgan fingerprint density at radius 1 is 1.25 bits per heavy atom. The summed E-state index contributed by atoms with van der Waals surface area (Å²) in [5.74, 6) is -4.15. The molecule has 0 spiro atoms. The highest BCUT2D eigenvalue weighted by Crippen LogP contribution is 2.14. The minimum absolute atomic E-state index is 0.163. The molecule has 0 aliphatic heterocycles. The van der Waals surface area contributed by atoms with Crippen molar-refractivity contribution in [3.8, 4) is 0 Å². The van der Waals surface area contributed by atoms with E-state index in [1.54, 1.807) is 0 Å². The van der Waals surface area contributed by atoms with E-state index < -0.39 is 28.9 Å². The number of rotatable bonds is 3. The molecule has 0 bridgehead atoms. The number of hydrogen-bond donors (Lipinski definition) is 1. The summed E-state index contributed by atoms with van der Waals surface area (Å²) in [5, 5.41) is 2.36. The SMILES string of the molecule is CC(C)CNC(=O)c1c(F)cc(F)cc1F. The molecule has 0 saturated heterocycles. The van der Waals surface area contributed by atoms with Crippen LogP contribution in [0.5, 0.6) is 0 Å². The van der Waals surface area contributed by atoms with Crippen LogP contribution in [0.25, 0.3) is 0 Å². The number of carbonyl (C=O) groups excluding carboxylic acids is 1. The molecule has 0 aliphatic carbocycles. The molecule has 1 amide bonds. The summed E-state index contributed by atoms with van der Waals surface area (Å²) in [5.41, 5.74) is -0.748. The van der Waals surface area contributed by atoms with Gasteiger partial charge in [0, 0.05) is 18.7 Å². The van der Waals surface area contributed by atoms with Crippen molar-refractivity contribution in [2.75, 3.05) is 6.54 Å². The van der Waals surface area contributed by atoms with Gasteiger partial charge < -0.3 is 5.32 Å².